The van der Waals surface area contributed by atoms with Crippen LogP contribution in [0.2, 0.25) is 0 Å². The molecule has 7 heteroatoms. The molecule has 0 aliphatic carbocycles. The van der Waals surface area contributed by atoms with Crippen LogP contribution in [0, 0.1) is 12.8 Å². The maximum Gasteiger partial charge on any atom is 0.317 e. The summed E-state index contributed by atoms with van der Waals surface area (Å²) in [4.78, 5) is 25.6. The van der Waals surface area contributed by atoms with Crippen molar-refractivity contribution >= 4 is 11.8 Å². The third-order valence-corrected chi connectivity index (χ3v) is 4.46. The van der Waals surface area contributed by atoms with Gasteiger partial charge in [0.25, 0.3) is 0 Å². The molecule has 1 aliphatic heterocycles. The molecule has 0 unspecified atom stereocenters. The molecule has 0 spiro atoms. The van der Waals surface area contributed by atoms with Gasteiger partial charge in [-0.15, -0.1) is 0 Å². The summed E-state index contributed by atoms with van der Waals surface area (Å²) < 4.78 is 5.54. The number of ether oxygens (including phenoxy) is 1. The van der Waals surface area contributed by atoms with Crippen molar-refractivity contribution in [3.8, 4) is 0 Å². The van der Waals surface area contributed by atoms with E-state index in [1.165, 1.54) is 0 Å². The van der Waals surface area contributed by atoms with Crippen LogP contribution in [0.5, 0.6) is 0 Å². The first kappa shape index (κ1) is 21.4. The number of carbonyl (C=O) groups excluding carboxylic acids is 1. The maximum atomic E-state index is 12.3. The van der Waals surface area contributed by atoms with E-state index in [1.54, 1.807) is 0 Å². The van der Waals surface area contributed by atoms with Gasteiger partial charge in [0.15, 0.2) is 0 Å². The zero-order valence-electron chi connectivity index (χ0n) is 17.5. The summed E-state index contributed by atoms with van der Waals surface area (Å²) in [6.45, 7) is 15.6. The molecule has 1 fully saturated rings. The Kier molecular flexibility index (Phi) is 8.28. The first-order chi connectivity index (χ1) is 12.9. The second-order valence-electron chi connectivity index (χ2n) is 7.91. The molecule has 1 N–H and O–H groups in total. The van der Waals surface area contributed by atoms with Gasteiger partial charge in [0, 0.05) is 63.6 Å². The minimum absolute atomic E-state index is 0.0141. The molecule has 0 radical (unpaired) electrons. The van der Waals surface area contributed by atoms with E-state index < -0.39 is 0 Å². The van der Waals surface area contributed by atoms with Crippen molar-refractivity contribution in [2.24, 2.45) is 5.92 Å². The Bertz CT molecular complexity index is 598. The summed E-state index contributed by atoms with van der Waals surface area (Å²) in [6, 6.07) is 2.04. The summed E-state index contributed by atoms with van der Waals surface area (Å²) in [5, 5.41) is 2.99. The molecule has 152 valence electrons. The van der Waals surface area contributed by atoms with Gasteiger partial charge in [-0.1, -0.05) is 27.7 Å². The molecule has 2 heterocycles. The molecule has 0 saturated carbocycles. The third kappa shape index (κ3) is 6.97. The Morgan fingerprint density at radius 3 is 2.52 bits per heavy atom. The van der Waals surface area contributed by atoms with E-state index in [-0.39, 0.29) is 6.03 Å². The molecule has 27 heavy (non-hydrogen) atoms. The van der Waals surface area contributed by atoms with Gasteiger partial charge >= 0.3 is 6.03 Å². The third-order valence-electron chi connectivity index (χ3n) is 4.46. The SMILES string of the molecule is Cc1cc(N2CCN(C(=O)NCCCOCC(C)C)CC2)nc(C(C)C)n1. The molecule has 2 amide bonds. The number of amides is 2. The van der Waals surface area contributed by atoms with E-state index in [9.17, 15) is 4.79 Å². The predicted octanol–water partition coefficient (Wildman–Crippen LogP) is 2.80. The van der Waals surface area contributed by atoms with Crippen molar-refractivity contribution in [2.45, 2.75) is 47.0 Å². The highest BCUT2D eigenvalue weighted by molar-refractivity contribution is 5.74. The summed E-state index contributed by atoms with van der Waals surface area (Å²) in [5.41, 5.74) is 0.989. The molecule has 1 aromatic rings. The quantitative estimate of drug-likeness (QED) is 0.706. The van der Waals surface area contributed by atoms with Gasteiger partial charge < -0.3 is 19.9 Å². The minimum atomic E-state index is 0.0141. The van der Waals surface area contributed by atoms with Gasteiger partial charge in [-0.3, -0.25) is 0 Å². The Labute approximate surface area is 163 Å². The lowest BCUT2D eigenvalue weighted by Crippen LogP contribution is -2.52. The van der Waals surface area contributed by atoms with Gasteiger partial charge in [-0.2, -0.15) is 0 Å². The number of urea groups is 1. The van der Waals surface area contributed by atoms with Crippen molar-refractivity contribution in [3.05, 3.63) is 17.6 Å². The number of piperazine rings is 1. The number of nitrogens with zero attached hydrogens (tertiary/aromatic N) is 4. The average molecular weight is 378 g/mol. The monoisotopic (exact) mass is 377 g/mol. The van der Waals surface area contributed by atoms with Crippen LogP contribution < -0.4 is 10.2 Å². The summed E-state index contributed by atoms with van der Waals surface area (Å²) in [7, 11) is 0. The van der Waals surface area contributed by atoms with Gasteiger partial charge in [-0.05, 0) is 19.3 Å². The molecule has 0 atom stereocenters. The topological polar surface area (TPSA) is 70.6 Å². The lowest BCUT2D eigenvalue weighted by atomic mass is 10.2. The van der Waals surface area contributed by atoms with Crippen molar-refractivity contribution in [1.29, 1.82) is 0 Å². The molecule has 1 aromatic heterocycles. The fourth-order valence-corrected chi connectivity index (χ4v) is 2.93. The van der Waals surface area contributed by atoms with E-state index >= 15 is 0 Å². The van der Waals surface area contributed by atoms with Crippen molar-refractivity contribution in [3.63, 3.8) is 0 Å². The highest BCUT2D eigenvalue weighted by atomic mass is 16.5. The molecule has 7 nitrogen and oxygen atoms in total. The van der Waals surface area contributed by atoms with Crippen molar-refractivity contribution < 1.29 is 9.53 Å². The lowest BCUT2D eigenvalue weighted by Gasteiger charge is -2.35. The van der Waals surface area contributed by atoms with Crippen LogP contribution in [0.25, 0.3) is 0 Å². The normalized spacial score (nSPS) is 14.9. The number of hydrogen-bond acceptors (Lipinski definition) is 5. The van der Waals surface area contributed by atoms with Crippen LogP contribution in [0.3, 0.4) is 0 Å². The predicted molar refractivity (Wildman–Crippen MR) is 108 cm³/mol. The van der Waals surface area contributed by atoms with Crippen LogP contribution in [0.1, 0.15) is 51.6 Å². The number of aromatic nitrogens is 2. The van der Waals surface area contributed by atoms with Crippen LogP contribution in [-0.4, -0.2) is 66.8 Å². The van der Waals surface area contributed by atoms with Crippen LogP contribution in [-0.2, 0) is 4.74 Å². The van der Waals surface area contributed by atoms with E-state index in [0.29, 0.717) is 38.1 Å². The zero-order chi connectivity index (χ0) is 19.8. The van der Waals surface area contributed by atoms with E-state index in [2.05, 4.69) is 42.9 Å². The fraction of sp³-hybridized carbons (Fsp3) is 0.750. The lowest BCUT2D eigenvalue weighted by molar-refractivity contribution is 0.107. The number of nitrogens with one attached hydrogen (secondary N) is 1. The number of anilines is 1. The first-order valence-corrected chi connectivity index (χ1v) is 10.1. The molecule has 0 aromatic carbocycles. The zero-order valence-corrected chi connectivity index (χ0v) is 17.5. The highest BCUT2D eigenvalue weighted by Crippen LogP contribution is 2.18. The number of rotatable bonds is 8. The summed E-state index contributed by atoms with van der Waals surface area (Å²) in [6.07, 6.45) is 0.844. The molecule has 0 bridgehead atoms. The Balaban J connectivity index is 1.74. The maximum absolute atomic E-state index is 12.3. The van der Waals surface area contributed by atoms with Crippen LogP contribution in [0.15, 0.2) is 6.07 Å². The molecule has 1 saturated heterocycles. The molecular formula is C20H35N5O2. The number of carbonyl (C=O) groups is 1. The largest absolute Gasteiger partial charge is 0.381 e. The van der Waals surface area contributed by atoms with E-state index in [1.807, 2.05) is 17.9 Å². The standard InChI is InChI=1S/C20H35N5O2/c1-15(2)14-27-12-6-7-21-20(26)25-10-8-24(9-11-25)18-13-17(5)22-19(23-18)16(3)4/h13,15-16H,6-12,14H2,1-5H3,(H,21,26). The van der Waals surface area contributed by atoms with Gasteiger partial charge in [0.2, 0.25) is 0 Å². The minimum Gasteiger partial charge on any atom is -0.381 e. The molecular weight excluding hydrogens is 342 g/mol. The number of aryl methyl sites for hydroxylation is 1. The molecule has 2 rings (SSSR count). The second kappa shape index (κ2) is 10.4. The van der Waals surface area contributed by atoms with Gasteiger partial charge in [0.05, 0.1) is 0 Å². The van der Waals surface area contributed by atoms with Crippen molar-refractivity contribution in [1.82, 2.24) is 20.2 Å². The Hall–Kier alpha value is -1.89. The highest BCUT2D eigenvalue weighted by Gasteiger charge is 2.22. The Morgan fingerprint density at radius 2 is 1.89 bits per heavy atom. The first-order valence-electron chi connectivity index (χ1n) is 10.1. The second-order valence-corrected chi connectivity index (χ2v) is 7.91. The van der Waals surface area contributed by atoms with Gasteiger partial charge in [0.1, 0.15) is 11.6 Å². The fourth-order valence-electron chi connectivity index (χ4n) is 2.93. The van der Waals surface area contributed by atoms with Crippen molar-refractivity contribution in [2.75, 3.05) is 50.8 Å². The summed E-state index contributed by atoms with van der Waals surface area (Å²) >= 11 is 0. The Morgan fingerprint density at radius 1 is 1.19 bits per heavy atom. The van der Waals surface area contributed by atoms with Gasteiger partial charge in [-0.25, -0.2) is 14.8 Å². The van der Waals surface area contributed by atoms with E-state index in [0.717, 1.165) is 43.5 Å². The summed E-state index contributed by atoms with van der Waals surface area (Å²) in [5.74, 6) is 2.70. The van der Waals surface area contributed by atoms with Crippen LogP contribution in [0.4, 0.5) is 10.6 Å². The van der Waals surface area contributed by atoms with E-state index in [4.69, 9.17) is 9.72 Å². The molecule has 1 aliphatic rings. The average Bonchev–Trinajstić information content (AvgIpc) is 2.63. The number of hydrogen-bond donors (Lipinski definition) is 1. The smallest absolute Gasteiger partial charge is 0.317 e. The van der Waals surface area contributed by atoms with Crippen LogP contribution >= 0.6 is 0 Å².